The van der Waals surface area contributed by atoms with Crippen molar-refractivity contribution in [2.24, 2.45) is 0 Å². The van der Waals surface area contributed by atoms with Gasteiger partial charge in [0.15, 0.2) is 0 Å². The predicted molar refractivity (Wildman–Crippen MR) is 100 cm³/mol. The van der Waals surface area contributed by atoms with E-state index in [4.69, 9.17) is 9.15 Å². The van der Waals surface area contributed by atoms with Crippen molar-refractivity contribution < 1.29 is 13.9 Å². The van der Waals surface area contributed by atoms with Crippen LogP contribution in [0.5, 0.6) is 0 Å². The van der Waals surface area contributed by atoms with Gasteiger partial charge in [0, 0.05) is 42.2 Å². The van der Waals surface area contributed by atoms with Crippen LogP contribution in [0.3, 0.4) is 0 Å². The van der Waals surface area contributed by atoms with E-state index in [1.165, 1.54) is 0 Å². The molecular weight excluding hydrogens is 344 g/mol. The van der Waals surface area contributed by atoms with Crippen LogP contribution in [0.4, 0.5) is 0 Å². The number of aromatic amines is 1. The smallest absolute Gasteiger partial charge is 0.272 e. The molecule has 0 unspecified atom stereocenters. The van der Waals surface area contributed by atoms with Crippen molar-refractivity contribution in [2.45, 2.75) is 6.42 Å². The molecule has 0 aliphatic carbocycles. The molecule has 0 radical (unpaired) electrons. The number of rotatable bonds is 2. The molecule has 3 aromatic heterocycles. The number of carbonyl (C=O) groups excluding carboxylic acids is 1. The Labute approximate surface area is 154 Å². The summed E-state index contributed by atoms with van der Waals surface area (Å²) in [7, 11) is 0. The topological polar surface area (TPSA) is 84.2 Å². The van der Waals surface area contributed by atoms with E-state index in [2.05, 4.69) is 15.2 Å². The normalized spacial score (nSPS) is 15.3. The van der Waals surface area contributed by atoms with Gasteiger partial charge in [0.1, 0.15) is 23.2 Å². The highest BCUT2D eigenvalue weighted by Gasteiger charge is 2.21. The Balaban J connectivity index is 1.52. The lowest BCUT2D eigenvalue weighted by molar-refractivity contribution is 0.0736. The van der Waals surface area contributed by atoms with Crippen LogP contribution < -0.4 is 0 Å². The number of aromatic nitrogens is 3. The minimum absolute atomic E-state index is 0.0766. The largest absolute Gasteiger partial charge is 0.464 e. The number of fused-ring (bicyclic) bond motifs is 2. The van der Waals surface area contributed by atoms with Gasteiger partial charge in [-0.2, -0.15) is 5.10 Å². The van der Waals surface area contributed by atoms with Crippen LogP contribution >= 0.6 is 0 Å². The maximum Gasteiger partial charge on any atom is 0.272 e. The summed E-state index contributed by atoms with van der Waals surface area (Å²) in [6, 6.07) is 9.60. The standard InChI is InChI=1S/C20H18N4O3/c25-20(24-6-3-8-26-9-7-24)17-10-16-14(11-21-17)19(23-22-16)15-12-27-18-5-2-1-4-13(15)18/h1-2,4-5,10-12H,3,6-9H2,(H,22,23). The number of hydrogen-bond donors (Lipinski definition) is 1. The van der Waals surface area contributed by atoms with E-state index in [1.54, 1.807) is 23.4 Å². The van der Waals surface area contributed by atoms with Gasteiger partial charge in [0.2, 0.25) is 0 Å². The molecule has 1 aliphatic heterocycles. The lowest BCUT2D eigenvalue weighted by Crippen LogP contribution is -2.33. The molecule has 136 valence electrons. The summed E-state index contributed by atoms with van der Waals surface area (Å²) in [6.07, 6.45) is 4.25. The van der Waals surface area contributed by atoms with Crippen molar-refractivity contribution >= 4 is 27.8 Å². The Morgan fingerprint density at radius 3 is 3.04 bits per heavy atom. The first-order valence-electron chi connectivity index (χ1n) is 8.99. The van der Waals surface area contributed by atoms with Crippen LogP contribution in [0.2, 0.25) is 0 Å². The molecule has 1 aliphatic rings. The minimum Gasteiger partial charge on any atom is -0.464 e. The third-order valence-corrected chi connectivity index (χ3v) is 4.91. The van der Waals surface area contributed by atoms with Crippen molar-refractivity contribution in [3.05, 3.63) is 48.5 Å². The molecule has 0 bridgehead atoms. The maximum atomic E-state index is 12.8. The Morgan fingerprint density at radius 2 is 2.07 bits per heavy atom. The van der Waals surface area contributed by atoms with Crippen LogP contribution in [0, 0.1) is 0 Å². The third kappa shape index (κ3) is 2.76. The summed E-state index contributed by atoms with van der Waals surface area (Å²) in [5.41, 5.74) is 3.68. The van der Waals surface area contributed by atoms with Crippen LogP contribution in [0.1, 0.15) is 16.9 Å². The lowest BCUT2D eigenvalue weighted by Gasteiger charge is -2.18. The molecule has 1 fully saturated rings. The van der Waals surface area contributed by atoms with Gasteiger partial charge in [-0.05, 0) is 18.6 Å². The number of nitrogens with one attached hydrogen (secondary N) is 1. The first-order valence-corrected chi connectivity index (χ1v) is 8.99. The van der Waals surface area contributed by atoms with Gasteiger partial charge in [-0.25, -0.2) is 0 Å². The number of hydrogen-bond acceptors (Lipinski definition) is 5. The number of nitrogens with zero attached hydrogens (tertiary/aromatic N) is 3. The lowest BCUT2D eigenvalue weighted by atomic mass is 10.1. The van der Waals surface area contributed by atoms with Crippen LogP contribution in [0.25, 0.3) is 33.1 Å². The van der Waals surface area contributed by atoms with Gasteiger partial charge in [-0.1, -0.05) is 18.2 Å². The van der Waals surface area contributed by atoms with Crippen molar-refractivity contribution in [1.82, 2.24) is 20.1 Å². The first-order chi connectivity index (χ1) is 13.3. The molecule has 4 heterocycles. The van der Waals surface area contributed by atoms with Gasteiger partial charge < -0.3 is 14.1 Å². The van der Waals surface area contributed by atoms with Crippen molar-refractivity contribution in [1.29, 1.82) is 0 Å². The SMILES string of the molecule is O=C(c1cc2[nH]nc(-c3coc4ccccc34)c2cn1)N1CCCOCC1. The summed E-state index contributed by atoms with van der Waals surface area (Å²) >= 11 is 0. The number of furan rings is 1. The zero-order valence-corrected chi connectivity index (χ0v) is 14.6. The van der Waals surface area contributed by atoms with E-state index in [0.29, 0.717) is 32.0 Å². The van der Waals surface area contributed by atoms with Crippen LogP contribution in [-0.2, 0) is 4.74 Å². The summed E-state index contributed by atoms with van der Waals surface area (Å²) in [4.78, 5) is 19.0. The van der Waals surface area contributed by atoms with E-state index < -0.39 is 0 Å². The second-order valence-corrected chi connectivity index (χ2v) is 6.59. The third-order valence-electron chi connectivity index (χ3n) is 4.91. The highest BCUT2D eigenvalue weighted by atomic mass is 16.5. The molecule has 1 saturated heterocycles. The molecule has 5 rings (SSSR count). The van der Waals surface area contributed by atoms with Gasteiger partial charge in [-0.15, -0.1) is 0 Å². The zero-order valence-electron chi connectivity index (χ0n) is 14.6. The highest BCUT2D eigenvalue weighted by Crippen LogP contribution is 2.33. The number of amides is 1. The molecule has 1 amide bonds. The van der Waals surface area contributed by atoms with Gasteiger partial charge in [-0.3, -0.25) is 14.9 Å². The minimum atomic E-state index is -0.0766. The Bertz CT molecular complexity index is 1120. The van der Waals surface area contributed by atoms with Crippen LogP contribution in [0.15, 0.2) is 47.2 Å². The number of pyridine rings is 1. The molecule has 27 heavy (non-hydrogen) atoms. The fourth-order valence-electron chi connectivity index (χ4n) is 3.51. The highest BCUT2D eigenvalue weighted by molar-refractivity contribution is 6.03. The number of ether oxygens (including phenoxy) is 1. The summed E-state index contributed by atoms with van der Waals surface area (Å²) in [5.74, 6) is -0.0766. The molecule has 0 spiro atoms. The van der Waals surface area contributed by atoms with E-state index in [9.17, 15) is 4.79 Å². The van der Waals surface area contributed by atoms with Crippen molar-refractivity contribution in [3.63, 3.8) is 0 Å². The maximum absolute atomic E-state index is 12.8. The molecule has 7 heteroatoms. The van der Waals surface area contributed by atoms with E-state index in [1.807, 2.05) is 24.3 Å². The van der Waals surface area contributed by atoms with Gasteiger partial charge in [0.05, 0.1) is 12.1 Å². The zero-order chi connectivity index (χ0) is 18.2. The number of para-hydroxylation sites is 1. The number of benzene rings is 1. The first kappa shape index (κ1) is 16.0. The molecule has 7 nitrogen and oxygen atoms in total. The van der Waals surface area contributed by atoms with Crippen LogP contribution in [-0.4, -0.2) is 52.3 Å². The molecule has 1 N–H and O–H groups in total. The average molecular weight is 362 g/mol. The Kier molecular flexibility index (Phi) is 3.86. The quantitative estimate of drug-likeness (QED) is 0.592. The second-order valence-electron chi connectivity index (χ2n) is 6.59. The monoisotopic (exact) mass is 362 g/mol. The van der Waals surface area contributed by atoms with Gasteiger partial charge >= 0.3 is 0 Å². The van der Waals surface area contributed by atoms with Crippen molar-refractivity contribution in [2.75, 3.05) is 26.3 Å². The second kappa shape index (κ2) is 6.51. The van der Waals surface area contributed by atoms with E-state index in [0.717, 1.165) is 39.6 Å². The molecule has 1 aromatic carbocycles. The van der Waals surface area contributed by atoms with E-state index >= 15 is 0 Å². The molecule has 0 atom stereocenters. The Morgan fingerprint density at radius 1 is 1.15 bits per heavy atom. The summed E-state index contributed by atoms with van der Waals surface area (Å²) < 4.78 is 11.0. The number of H-pyrrole nitrogens is 1. The fraction of sp³-hybridized carbons (Fsp3) is 0.250. The van der Waals surface area contributed by atoms with Gasteiger partial charge in [0.25, 0.3) is 5.91 Å². The molecule has 4 aromatic rings. The predicted octanol–water partition coefficient (Wildman–Crippen LogP) is 3.23. The van der Waals surface area contributed by atoms with E-state index in [-0.39, 0.29) is 5.91 Å². The fourth-order valence-corrected chi connectivity index (χ4v) is 3.51. The molecular formula is C20H18N4O3. The number of carbonyl (C=O) groups is 1. The molecule has 0 saturated carbocycles. The van der Waals surface area contributed by atoms with Crippen molar-refractivity contribution in [3.8, 4) is 11.3 Å². The Hall–Kier alpha value is -3.19. The summed E-state index contributed by atoms with van der Waals surface area (Å²) in [5, 5.41) is 9.33. The average Bonchev–Trinajstić information content (AvgIpc) is 3.21. The summed E-state index contributed by atoms with van der Waals surface area (Å²) in [6.45, 7) is 2.54.